The zero-order chi connectivity index (χ0) is 18.9. The number of carbonyl (C=O) groups excluding carboxylic acids is 1. The maximum absolute atomic E-state index is 12.5. The van der Waals surface area contributed by atoms with Gasteiger partial charge >= 0.3 is 0 Å². The Morgan fingerprint density at radius 2 is 1.70 bits per heavy atom. The Kier molecular flexibility index (Phi) is 7.19. The number of hydrogen-bond acceptors (Lipinski definition) is 3. The molecule has 27 heavy (non-hydrogen) atoms. The molecule has 3 rings (SSSR count). The molecule has 1 saturated heterocycles. The van der Waals surface area contributed by atoms with Gasteiger partial charge in [0.15, 0.2) is 6.29 Å². The molecule has 0 bridgehead atoms. The van der Waals surface area contributed by atoms with Crippen molar-refractivity contribution in [3.8, 4) is 0 Å². The lowest BCUT2D eigenvalue weighted by molar-refractivity contribution is -0.258. The number of benzene rings is 2. The van der Waals surface area contributed by atoms with Crippen molar-refractivity contribution in [2.45, 2.75) is 38.4 Å². The van der Waals surface area contributed by atoms with Gasteiger partial charge in [0.25, 0.3) is 5.91 Å². The van der Waals surface area contributed by atoms with Gasteiger partial charge in [-0.15, -0.1) is 0 Å². The van der Waals surface area contributed by atoms with E-state index in [2.05, 4.69) is 36.4 Å². The summed E-state index contributed by atoms with van der Waals surface area (Å²) in [5, 5.41) is 1.28. The lowest BCUT2D eigenvalue weighted by atomic mass is 10.1. The molecule has 1 atom stereocenters. The number of hydrogen-bond donors (Lipinski definition) is 0. The minimum absolute atomic E-state index is 0.157. The van der Waals surface area contributed by atoms with Crippen LogP contribution in [0.15, 0.2) is 66.7 Å². The lowest BCUT2D eigenvalue weighted by Crippen LogP contribution is -2.34. The number of rotatable bonds is 7. The predicted molar refractivity (Wildman–Crippen MR) is 106 cm³/mol. The highest BCUT2D eigenvalue weighted by Crippen LogP contribution is 2.16. The van der Waals surface area contributed by atoms with E-state index in [1.54, 1.807) is 7.05 Å². The van der Waals surface area contributed by atoms with Crippen LogP contribution in [-0.4, -0.2) is 30.9 Å². The third-order valence-corrected chi connectivity index (χ3v) is 4.62. The van der Waals surface area contributed by atoms with E-state index in [1.807, 2.05) is 30.3 Å². The van der Waals surface area contributed by atoms with E-state index in [9.17, 15) is 4.79 Å². The Hall–Kier alpha value is -2.43. The van der Waals surface area contributed by atoms with Gasteiger partial charge in [0, 0.05) is 25.6 Å². The van der Waals surface area contributed by atoms with Crippen LogP contribution in [0.3, 0.4) is 0 Å². The minimum Gasteiger partial charge on any atom is -0.350 e. The molecule has 0 aliphatic carbocycles. The van der Waals surface area contributed by atoms with Gasteiger partial charge in [-0.1, -0.05) is 54.6 Å². The quantitative estimate of drug-likeness (QED) is 0.533. The van der Waals surface area contributed by atoms with Gasteiger partial charge in [-0.3, -0.25) is 4.79 Å². The molecule has 0 radical (unpaired) electrons. The molecule has 1 unspecified atom stereocenters. The molecule has 1 heterocycles. The fourth-order valence-corrected chi connectivity index (χ4v) is 3.04. The number of nitrogens with zero attached hydrogens (tertiary/aromatic N) is 1. The van der Waals surface area contributed by atoms with Crippen molar-refractivity contribution in [3.63, 3.8) is 0 Å². The van der Waals surface area contributed by atoms with Crippen LogP contribution in [0.1, 0.15) is 40.7 Å². The van der Waals surface area contributed by atoms with Gasteiger partial charge in [-0.05, 0) is 48.9 Å². The summed E-state index contributed by atoms with van der Waals surface area (Å²) in [5.74, 6) is -0.157. The molecule has 0 saturated carbocycles. The van der Waals surface area contributed by atoms with Crippen LogP contribution in [0.4, 0.5) is 0 Å². The lowest BCUT2D eigenvalue weighted by Gasteiger charge is -2.27. The fourth-order valence-electron chi connectivity index (χ4n) is 3.04. The third-order valence-electron chi connectivity index (χ3n) is 4.62. The SMILES string of the molecule is CN(OC1CCCCO1)C(=O)c1ccc(CC=CCc2ccccc2)cc1. The molecule has 0 spiro atoms. The van der Waals surface area contributed by atoms with Crippen LogP contribution in [0, 0.1) is 0 Å². The van der Waals surface area contributed by atoms with Crippen LogP contribution < -0.4 is 0 Å². The summed E-state index contributed by atoms with van der Waals surface area (Å²) in [4.78, 5) is 18.1. The summed E-state index contributed by atoms with van der Waals surface area (Å²) < 4.78 is 5.52. The first-order valence-electron chi connectivity index (χ1n) is 9.56. The monoisotopic (exact) mass is 365 g/mol. The fraction of sp³-hybridized carbons (Fsp3) is 0.348. The van der Waals surface area contributed by atoms with E-state index in [0.29, 0.717) is 12.2 Å². The molecule has 1 aliphatic rings. The van der Waals surface area contributed by atoms with Crippen LogP contribution in [-0.2, 0) is 22.4 Å². The Bertz CT molecular complexity index is 734. The standard InChI is InChI=1S/C23H27NO3/c1-24(27-22-13-7-8-18-26-22)23(25)21-16-14-20(15-17-21)12-6-5-11-19-9-3-2-4-10-19/h2-6,9-10,14-17,22H,7-8,11-13,18H2,1H3. The highest BCUT2D eigenvalue weighted by Gasteiger charge is 2.20. The second-order valence-electron chi connectivity index (χ2n) is 6.77. The number of allylic oxidation sites excluding steroid dienone is 2. The van der Waals surface area contributed by atoms with E-state index in [-0.39, 0.29) is 12.2 Å². The van der Waals surface area contributed by atoms with Crippen LogP contribution in [0.2, 0.25) is 0 Å². The summed E-state index contributed by atoms with van der Waals surface area (Å²) in [5.41, 5.74) is 3.10. The zero-order valence-electron chi connectivity index (χ0n) is 15.8. The number of carbonyl (C=O) groups is 1. The van der Waals surface area contributed by atoms with Crippen molar-refractivity contribution in [2.75, 3.05) is 13.7 Å². The molecule has 1 aliphatic heterocycles. The van der Waals surface area contributed by atoms with E-state index in [0.717, 1.165) is 32.1 Å². The number of hydroxylamine groups is 2. The van der Waals surface area contributed by atoms with Crippen LogP contribution in [0.25, 0.3) is 0 Å². The van der Waals surface area contributed by atoms with Crippen LogP contribution in [0.5, 0.6) is 0 Å². The topological polar surface area (TPSA) is 38.8 Å². The second-order valence-corrected chi connectivity index (χ2v) is 6.77. The summed E-state index contributed by atoms with van der Waals surface area (Å²) in [6, 6.07) is 18.1. The highest BCUT2D eigenvalue weighted by atomic mass is 16.8. The maximum atomic E-state index is 12.5. The minimum atomic E-state index is -0.318. The van der Waals surface area contributed by atoms with Gasteiger partial charge in [0.05, 0.1) is 0 Å². The first kappa shape index (κ1) is 19.3. The summed E-state index contributed by atoms with van der Waals surface area (Å²) in [7, 11) is 1.64. The smallest absolute Gasteiger partial charge is 0.277 e. The molecule has 0 N–H and O–H groups in total. The molecule has 4 heteroatoms. The predicted octanol–water partition coefficient (Wildman–Crippen LogP) is 4.56. The normalized spacial score (nSPS) is 17.1. The average molecular weight is 365 g/mol. The van der Waals surface area contributed by atoms with Crippen molar-refractivity contribution in [1.29, 1.82) is 0 Å². The highest BCUT2D eigenvalue weighted by molar-refractivity contribution is 5.93. The molecular weight excluding hydrogens is 338 g/mol. The van der Waals surface area contributed by atoms with Crippen LogP contribution >= 0.6 is 0 Å². The van der Waals surface area contributed by atoms with Crippen molar-refractivity contribution in [2.24, 2.45) is 0 Å². The molecule has 1 amide bonds. The van der Waals surface area contributed by atoms with Crippen molar-refractivity contribution >= 4 is 5.91 Å². The molecule has 142 valence electrons. The third kappa shape index (κ3) is 6.05. The van der Waals surface area contributed by atoms with E-state index >= 15 is 0 Å². The molecule has 2 aromatic rings. The summed E-state index contributed by atoms with van der Waals surface area (Å²) in [6.07, 6.45) is 8.76. The Morgan fingerprint density at radius 1 is 1.04 bits per heavy atom. The Balaban J connectivity index is 1.47. The average Bonchev–Trinajstić information content (AvgIpc) is 2.72. The molecule has 2 aromatic carbocycles. The number of ether oxygens (including phenoxy) is 1. The van der Waals surface area contributed by atoms with E-state index in [1.165, 1.54) is 16.2 Å². The molecular formula is C23H27NO3. The molecule has 4 nitrogen and oxygen atoms in total. The summed E-state index contributed by atoms with van der Waals surface area (Å²) >= 11 is 0. The van der Waals surface area contributed by atoms with Gasteiger partial charge in [0.2, 0.25) is 0 Å². The first-order valence-corrected chi connectivity index (χ1v) is 9.56. The molecule has 1 fully saturated rings. The van der Waals surface area contributed by atoms with Crippen molar-refractivity contribution in [3.05, 3.63) is 83.4 Å². The van der Waals surface area contributed by atoms with E-state index in [4.69, 9.17) is 9.57 Å². The Morgan fingerprint density at radius 3 is 2.33 bits per heavy atom. The first-order chi connectivity index (χ1) is 13.2. The Labute approximate surface area is 161 Å². The van der Waals surface area contributed by atoms with Gasteiger partial charge in [0.1, 0.15) is 0 Å². The second kappa shape index (κ2) is 10.0. The number of amides is 1. The summed E-state index contributed by atoms with van der Waals surface area (Å²) in [6.45, 7) is 0.694. The van der Waals surface area contributed by atoms with Gasteiger partial charge < -0.3 is 4.74 Å². The van der Waals surface area contributed by atoms with Gasteiger partial charge in [-0.2, -0.15) is 0 Å². The van der Waals surface area contributed by atoms with Gasteiger partial charge in [-0.25, -0.2) is 9.90 Å². The van der Waals surface area contributed by atoms with Crippen molar-refractivity contribution < 1.29 is 14.4 Å². The van der Waals surface area contributed by atoms with E-state index < -0.39 is 0 Å². The molecule has 0 aromatic heterocycles. The van der Waals surface area contributed by atoms with Crippen molar-refractivity contribution in [1.82, 2.24) is 5.06 Å². The zero-order valence-corrected chi connectivity index (χ0v) is 15.8. The maximum Gasteiger partial charge on any atom is 0.277 e. The largest absolute Gasteiger partial charge is 0.350 e.